The van der Waals surface area contributed by atoms with Crippen molar-refractivity contribution in [2.24, 2.45) is 5.92 Å². The number of likely N-dealkylation sites (tertiary alicyclic amines) is 1. The summed E-state index contributed by atoms with van der Waals surface area (Å²) in [6, 6.07) is 14.6. The van der Waals surface area contributed by atoms with Gasteiger partial charge in [-0.3, -0.25) is 14.5 Å². The fraction of sp³-hybridized carbons (Fsp3) is 0.595. The molecule has 5 rings (SSSR count). The summed E-state index contributed by atoms with van der Waals surface area (Å²) < 4.78 is 18.2. The van der Waals surface area contributed by atoms with Crippen molar-refractivity contribution in [1.82, 2.24) is 15.5 Å². The van der Waals surface area contributed by atoms with E-state index in [9.17, 15) is 19.5 Å². The first-order valence-corrected chi connectivity index (χ1v) is 17.4. The van der Waals surface area contributed by atoms with E-state index in [1.165, 1.54) is 12.8 Å². The van der Waals surface area contributed by atoms with E-state index in [0.717, 1.165) is 42.4 Å². The molecule has 48 heavy (non-hydrogen) atoms. The molecule has 2 aliphatic heterocycles. The molecule has 1 aliphatic carbocycles. The van der Waals surface area contributed by atoms with Gasteiger partial charge in [-0.1, -0.05) is 49.2 Å². The topological polar surface area (TPSA) is 138 Å². The lowest BCUT2D eigenvalue weighted by molar-refractivity contribution is -0.255. The summed E-state index contributed by atoms with van der Waals surface area (Å²) >= 11 is 0. The summed E-state index contributed by atoms with van der Waals surface area (Å²) in [5.41, 5.74) is 2.73. The van der Waals surface area contributed by atoms with Gasteiger partial charge in [0.05, 0.1) is 31.5 Å². The lowest BCUT2D eigenvalue weighted by Crippen LogP contribution is -2.61. The fourth-order valence-corrected chi connectivity index (χ4v) is 7.30. The number of hydrogen-bond acceptors (Lipinski definition) is 8. The Labute approximate surface area is 284 Å². The number of benzene rings is 2. The van der Waals surface area contributed by atoms with Crippen LogP contribution >= 0.6 is 0 Å². The number of nitrogens with zero attached hydrogens (tertiary/aromatic N) is 1. The van der Waals surface area contributed by atoms with Crippen LogP contribution in [0.1, 0.15) is 102 Å². The number of hydrogen-bond donors (Lipinski definition) is 4. The number of anilines is 1. The highest BCUT2D eigenvalue weighted by atomic mass is 16.7. The van der Waals surface area contributed by atoms with Crippen molar-refractivity contribution < 1.29 is 33.7 Å². The minimum absolute atomic E-state index is 0.0388. The molecular formula is C37H52N4O7. The third-order valence-electron chi connectivity index (χ3n) is 9.45. The molecule has 2 saturated heterocycles. The molecule has 2 aromatic carbocycles. The molecule has 0 radical (unpaired) electrons. The third-order valence-corrected chi connectivity index (χ3v) is 9.45. The first-order chi connectivity index (χ1) is 23.0. The molecule has 0 spiro atoms. The third kappa shape index (κ3) is 9.56. The lowest BCUT2D eigenvalue weighted by atomic mass is 9.75. The molecule has 1 saturated carbocycles. The molecule has 11 nitrogen and oxygen atoms in total. The number of esters is 1. The van der Waals surface area contributed by atoms with Gasteiger partial charge in [-0.2, -0.15) is 0 Å². The molecule has 6 atom stereocenters. The molecule has 0 bridgehead atoms. The normalized spacial score (nSPS) is 26.2. The summed E-state index contributed by atoms with van der Waals surface area (Å²) in [5, 5.41) is 18.1. The van der Waals surface area contributed by atoms with Crippen molar-refractivity contribution >= 4 is 23.6 Å². The summed E-state index contributed by atoms with van der Waals surface area (Å²) in [6.07, 6.45) is 5.90. The van der Waals surface area contributed by atoms with E-state index < -0.39 is 18.3 Å². The first-order valence-electron chi connectivity index (χ1n) is 17.4. The van der Waals surface area contributed by atoms with Crippen LogP contribution in [0.2, 0.25) is 0 Å². The van der Waals surface area contributed by atoms with Crippen LogP contribution < -0.4 is 16.0 Å². The first kappa shape index (κ1) is 35.8. The number of ether oxygens (including phenoxy) is 3. The zero-order chi connectivity index (χ0) is 34.3. The smallest absolute Gasteiger partial charge is 0.325 e. The SMILES string of the molecule is CCOC(=O)CNC(=O)Nc1cccc([C@H]2O[C@@H](CN3[C@@H](C(=O)NC(C)(C)C)CC[C@H]4CCCC[C@H]43)C[C@@H](c3ccc(CO)cc3)O2)c1. The quantitative estimate of drug-likeness (QED) is 0.250. The largest absolute Gasteiger partial charge is 0.465 e. The Morgan fingerprint density at radius 2 is 1.75 bits per heavy atom. The zero-order valence-electron chi connectivity index (χ0n) is 28.7. The van der Waals surface area contributed by atoms with Gasteiger partial charge in [-0.25, -0.2) is 4.79 Å². The number of fused-ring (bicyclic) bond motifs is 1. The standard InChI is InChI=1S/C37H52N4O7/c1-5-46-33(43)21-38-36(45)39-28-11-8-10-27(19-28)35-47-29(20-32(48-35)26-15-13-24(23-42)14-16-26)22-41-30-12-7-6-9-25(30)17-18-31(41)34(44)40-37(2,3)4/h8,10-11,13-16,19,25,29-32,35,42H,5-7,9,12,17-18,20-23H2,1-4H3,(H,40,44)(H2,38,39,45)/t25-,29-,30-,31-,32+,35+/m1/s1. The second kappa shape index (κ2) is 16.3. The maximum absolute atomic E-state index is 13.7. The van der Waals surface area contributed by atoms with Crippen LogP contribution in [-0.4, -0.2) is 71.3 Å². The van der Waals surface area contributed by atoms with E-state index in [1.807, 2.05) is 57.2 Å². The second-order valence-corrected chi connectivity index (χ2v) is 14.2. The van der Waals surface area contributed by atoms with Gasteiger partial charge < -0.3 is 35.3 Å². The molecule has 3 amide bonds. The molecule has 0 unspecified atom stereocenters. The Hall–Kier alpha value is -3.51. The molecule has 2 heterocycles. The lowest BCUT2D eigenvalue weighted by Gasteiger charge is -2.50. The van der Waals surface area contributed by atoms with Crippen molar-refractivity contribution in [1.29, 1.82) is 0 Å². The van der Waals surface area contributed by atoms with Crippen LogP contribution in [0, 0.1) is 5.92 Å². The van der Waals surface area contributed by atoms with Gasteiger partial charge in [0.25, 0.3) is 0 Å². The van der Waals surface area contributed by atoms with Crippen molar-refractivity contribution in [3.05, 3.63) is 65.2 Å². The highest BCUT2D eigenvalue weighted by Gasteiger charge is 2.44. The minimum atomic E-state index is -0.732. The number of carbonyl (C=O) groups is 3. The molecule has 11 heteroatoms. The number of urea groups is 1. The van der Waals surface area contributed by atoms with Crippen molar-refractivity contribution in [3.63, 3.8) is 0 Å². The monoisotopic (exact) mass is 664 g/mol. The van der Waals surface area contributed by atoms with Crippen molar-refractivity contribution in [2.75, 3.05) is 25.0 Å². The van der Waals surface area contributed by atoms with E-state index in [-0.39, 0.29) is 49.5 Å². The zero-order valence-corrected chi connectivity index (χ0v) is 28.7. The van der Waals surface area contributed by atoms with Gasteiger partial charge in [0.15, 0.2) is 6.29 Å². The van der Waals surface area contributed by atoms with Crippen LogP contribution in [-0.2, 0) is 30.4 Å². The summed E-state index contributed by atoms with van der Waals surface area (Å²) in [7, 11) is 0. The molecule has 262 valence electrons. The Bertz CT molecular complexity index is 1390. The van der Waals surface area contributed by atoms with E-state index in [4.69, 9.17) is 14.2 Å². The fourth-order valence-electron chi connectivity index (χ4n) is 7.30. The van der Waals surface area contributed by atoms with E-state index in [1.54, 1.807) is 19.1 Å². The number of piperidine rings is 1. The number of aliphatic hydroxyl groups excluding tert-OH is 1. The Morgan fingerprint density at radius 1 is 0.979 bits per heavy atom. The maximum Gasteiger partial charge on any atom is 0.325 e. The molecule has 3 aliphatic rings. The van der Waals surface area contributed by atoms with E-state index in [0.29, 0.717) is 30.6 Å². The predicted octanol–water partition coefficient (Wildman–Crippen LogP) is 5.35. The van der Waals surface area contributed by atoms with Gasteiger partial charge in [0, 0.05) is 35.8 Å². The Balaban J connectivity index is 1.38. The number of carbonyl (C=O) groups excluding carboxylic acids is 3. The van der Waals surface area contributed by atoms with Gasteiger partial charge >= 0.3 is 12.0 Å². The number of aliphatic hydroxyl groups is 1. The second-order valence-electron chi connectivity index (χ2n) is 14.2. The number of nitrogens with one attached hydrogen (secondary N) is 3. The van der Waals surface area contributed by atoms with E-state index in [2.05, 4.69) is 20.9 Å². The Kier molecular flexibility index (Phi) is 12.1. The van der Waals surface area contributed by atoms with Gasteiger partial charge in [-0.05, 0) is 82.6 Å². The summed E-state index contributed by atoms with van der Waals surface area (Å²) in [5.74, 6) is 0.139. The summed E-state index contributed by atoms with van der Waals surface area (Å²) in [4.78, 5) is 40.3. The van der Waals surface area contributed by atoms with Crippen LogP contribution in [0.5, 0.6) is 0 Å². The molecule has 4 N–H and O–H groups in total. The summed E-state index contributed by atoms with van der Waals surface area (Å²) in [6.45, 7) is 8.34. The highest BCUT2D eigenvalue weighted by molar-refractivity contribution is 5.91. The maximum atomic E-state index is 13.7. The van der Waals surface area contributed by atoms with Crippen LogP contribution in [0.25, 0.3) is 0 Å². The Morgan fingerprint density at radius 3 is 2.48 bits per heavy atom. The van der Waals surface area contributed by atoms with Crippen LogP contribution in [0.4, 0.5) is 10.5 Å². The molecule has 2 aromatic rings. The highest BCUT2D eigenvalue weighted by Crippen LogP contribution is 2.42. The van der Waals surface area contributed by atoms with Crippen molar-refractivity contribution in [2.45, 2.75) is 115 Å². The average Bonchev–Trinajstić information content (AvgIpc) is 3.07. The molecule has 3 fully saturated rings. The predicted molar refractivity (Wildman–Crippen MR) is 182 cm³/mol. The number of rotatable bonds is 10. The number of amides is 3. The van der Waals surface area contributed by atoms with Gasteiger partial charge in [0.2, 0.25) is 5.91 Å². The van der Waals surface area contributed by atoms with Crippen molar-refractivity contribution in [3.8, 4) is 0 Å². The van der Waals surface area contributed by atoms with Gasteiger partial charge in [0.1, 0.15) is 6.54 Å². The van der Waals surface area contributed by atoms with Gasteiger partial charge in [-0.15, -0.1) is 0 Å². The molecule has 0 aromatic heterocycles. The van der Waals surface area contributed by atoms with E-state index >= 15 is 0 Å². The van der Waals surface area contributed by atoms with Crippen LogP contribution in [0.15, 0.2) is 48.5 Å². The molecular weight excluding hydrogens is 612 g/mol. The average molecular weight is 665 g/mol. The van der Waals surface area contributed by atoms with Crippen LogP contribution in [0.3, 0.4) is 0 Å². The minimum Gasteiger partial charge on any atom is -0.465 e.